The fourth-order valence-electron chi connectivity index (χ4n) is 2.32. The van der Waals surface area contributed by atoms with Crippen LogP contribution < -0.4 is 5.32 Å². The second kappa shape index (κ2) is 6.41. The summed E-state index contributed by atoms with van der Waals surface area (Å²) in [6, 6.07) is 1.46. The van der Waals surface area contributed by atoms with Crippen LogP contribution in [0, 0.1) is 0 Å². The van der Waals surface area contributed by atoms with E-state index in [2.05, 4.69) is 19.2 Å². The molecule has 14 heavy (non-hydrogen) atoms. The van der Waals surface area contributed by atoms with E-state index in [9.17, 15) is 0 Å². The van der Waals surface area contributed by atoms with Crippen LogP contribution in [0.15, 0.2) is 0 Å². The molecule has 0 unspecified atom stereocenters. The molecule has 0 spiro atoms. The van der Waals surface area contributed by atoms with E-state index in [0.29, 0.717) is 6.10 Å². The van der Waals surface area contributed by atoms with Crippen LogP contribution in [-0.4, -0.2) is 25.3 Å². The highest BCUT2D eigenvalue weighted by Crippen LogP contribution is 2.21. The molecule has 2 nitrogen and oxygen atoms in total. The van der Waals surface area contributed by atoms with Gasteiger partial charge in [0.25, 0.3) is 0 Å². The van der Waals surface area contributed by atoms with Crippen molar-refractivity contribution in [1.82, 2.24) is 5.32 Å². The van der Waals surface area contributed by atoms with Gasteiger partial charge in [-0.25, -0.2) is 0 Å². The fourth-order valence-corrected chi connectivity index (χ4v) is 2.32. The first kappa shape index (κ1) is 12.0. The van der Waals surface area contributed by atoms with Gasteiger partial charge in [-0.2, -0.15) is 0 Å². The Balaban J connectivity index is 2.21. The molecule has 0 atom stereocenters. The van der Waals surface area contributed by atoms with Crippen LogP contribution in [0.4, 0.5) is 0 Å². The van der Waals surface area contributed by atoms with Gasteiger partial charge in [-0.3, -0.25) is 0 Å². The zero-order valence-corrected chi connectivity index (χ0v) is 9.88. The molecule has 0 aromatic rings. The van der Waals surface area contributed by atoms with Gasteiger partial charge in [0.15, 0.2) is 0 Å². The lowest BCUT2D eigenvalue weighted by Crippen LogP contribution is -2.40. The highest BCUT2D eigenvalue weighted by Gasteiger charge is 2.21. The summed E-state index contributed by atoms with van der Waals surface area (Å²) in [6.07, 6.45) is 8.06. The summed E-state index contributed by atoms with van der Waals surface area (Å²) in [5.74, 6) is 0. The van der Waals surface area contributed by atoms with Gasteiger partial charge in [0, 0.05) is 19.2 Å². The number of hydrogen-bond donors (Lipinski definition) is 1. The molecule has 0 radical (unpaired) electrons. The van der Waals surface area contributed by atoms with Crippen molar-refractivity contribution >= 4 is 0 Å². The molecule has 1 rings (SSSR count). The summed E-state index contributed by atoms with van der Waals surface area (Å²) < 4.78 is 5.37. The average molecular weight is 199 g/mol. The van der Waals surface area contributed by atoms with E-state index in [0.717, 1.165) is 12.1 Å². The Morgan fingerprint density at radius 1 is 1.14 bits per heavy atom. The molecule has 0 aromatic carbocycles. The summed E-state index contributed by atoms with van der Waals surface area (Å²) in [5.41, 5.74) is 0. The first-order valence-corrected chi connectivity index (χ1v) is 6.09. The third kappa shape index (κ3) is 3.58. The zero-order chi connectivity index (χ0) is 10.4. The van der Waals surface area contributed by atoms with E-state index in [1.165, 1.54) is 38.5 Å². The molecule has 0 amide bonds. The molecule has 1 saturated carbocycles. The lowest BCUT2D eigenvalue weighted by molar-refractivity contribution is 0.0610. The number of ether oxygens (including phenoxy) is 1. The molecule has 2 heteroatoms. The van der Waals surface area contributed by atoms with Gasteiger partial charge in [0.1, 0.15) is 0 Å². The smallest absolute Gasteiger partial charge is 0.0572 e. The third-order valence-electron chi connectivity index (χ3n) is 3.46. The van der Waals surface area contributed by atoms with Crippen molar-refractivity contribution in [3.63, 3.8) is 0 Å². The molecule has 0 bridgehead atoms. The number of nitrogens with one attached hydrogen (secondary N) is 1. The SMILES string of the molecule is CCC(CC)N[C@H]1CC[C@H](OC)CC1. The maximum atomic E-state index is 5.37. The monoisotopic (exact) mass is 199 g/mol. The predicted molar refractivity (Wildman–Crippen MR) is 60.6 cm³/mol. The van der Waals surface area contributed by atoms with E-state index < -0.39 is 0 Å². The average Bonchev–Trinajstić information content (AvgIpc) is 2.26. The predicted octanol–water partition coefficient (Wildman–Crippen LogP) is 2.72. The summed E-state index contributed by atoms with van der Waals surface area (Å²) in [5, 5.41) is 3.74. The van der Waals surface area contributed by atoms with Crippen LogP contribution in [0.1, 0.15) is 52.4 Å². The maximum Gasteiger partial charge on any atom is 0.0572 e. The summed E-state index contributed by atoms with van der Waals surface area (Å²) >= 11 is 0. The van der Waals surface area contributed by atoms with Crippen LogP contribution in [0.5, 0.6) is 0 Å². The molecule has 1 N–H and O–H groups in total. The minimum absolute atomic E-state index is 0.523. The molecule has 0 saturated heterocycles. The van der Waals surface area contributed by atoms with E-state index in [4.69, 9.17) is 4.74 Å². The Hall–Kier alpha value is -0.0800. The van der Waals surface area contributed by atoms with Crippen LogP contribution in [0.3, 0.4) is 0 Å². The fraction of sp³-hybridized carbons (Fsp3) is 1.00. The van der Waals surface area contributed by atoms with Crippen molar-refractivity contribution < 1.29 is 4.74 Å². The van der Waals surface area contributed by atoms with Crippen molar-refractivity contribution in [2.75, 3.05) is 7.11 Å². The van der Waals surface area contributed by atoms with Crippen molar-refractivity contribution in [2.24, 2.45) is 0 Å². The Morgan fingerprint density at radius 2 is 1.71 bits per heavy atom. The van der Waals surface area contributed by atoms with Gasteiger partial charge in [-0.05, 0) is 38.5 Å². The number of rotatable bonds is 5. The summed E-state index contributed by atoms with van der Waals surface area (Å²) in [7, 11) is 1.83. The van der Waals surface area contributed by atoms with Crippen molar-refractivity contribution in [2.45, 2.75) is 70.6 Å². The summed E-state index contributed by atoms with van der Waals surface area (Å²) in [6.45, 7) is 4.53. The van der Waals surface area contributed by atoms with Crippen LogP contribution in [0.25, 0.3) is 0 Å². The molecular weight excluding hydrogens is 174 g/mol. The van der Waals surface area contributed by atoms with Gasteiger partial charge in [0.05, 0.1) is 6.10 Å². The standard InChI is InChI=1S/C12H25NO/c1-4-10(5-2)13-11-6-8-12(14-3)9-7-11/h10-13H,4-9H2,1-3H3/t11-,12-. The molecule has 1 fully saturated rings. The Bertz CT molecular complexity index is 137. The van der Waals surface area contributed by atoms with Gasteiger partial charge < -0.3 is 10.1 Å². The molecule has 1 aliphatic rings. The lowest BCUT2D eigenvalue weighted by Gasteiger charge is -2.31. The highest BCUT2D eigenvalue weighted by atomic mass is 16.5. The van der Waals surface area contributed by atoms with Crippen LogP contribution >= 0.6 is 0 Å². The van der Waals surface area contributed by atoms with Crippen molar-refractivity contribution in [3.05, 3.63) is 0 Å². The minimum atomic E-state index is 0.523. The Morgan fingerprint density at radius 3 is 2.14 bits per heavy atom. The minimum Gasteiger partial charge on any atom is -0.381 e. The van der Waals surface area contributed by atoms with E-state index in [1.807, 2.05) is 7.11 Å². The lowest BCUT2D eigenvalue weighted by atomic mass is 9.92. The van der Waals surface area contributed by atoms with Crippen molar-refractivity contribution in [3.8, 4) is 0 Å². The summed E-state index contributed by atoms with van der Waals surface area (Å²) in [4.78, 5) is 0. The van der Waals surface area contributed by atoms with Gasteiger partial charge in [-0.1, -0.05) is 13.8 Å². The second-order valence-corrected chi connectivity index (χ2v) is 4.39. The molecule has 0 heterocycles. The van der Waals surface area contributed by atoms with Crippen LogP contribution in [-0.2, 0) is 4.74 Å². The number of hydrogen-bond acceptors (Lipinski definition) is 2. The van der Waals surface area contributed by atoms with E-state index in [1.54, 1.807) is 0 Å². The molecule has 0 aliphatic heterocycles. The van der Waals surface area contributed by atoms with Gasteiger partial charge in [0.2, 0.25) is 0 Å². The van der Waals surface area contributed by atoms with E-state index >= 15 is 0 Å². The zero-order valence-electron chi connectivity index (χ0n) is 9.88. The van der Waals surface area contributed by atoms with Gasteiger partial charge in [-0.15, -0.1) is 0 Å². The molecule has 84 valence electrons. The van der Waals surface area contributed by atoms with Crippen LogP contribution in [0.2, 0.25) is 0 Å². The molecule has 0 aromatic heterocycles. The number of methoxy groups -OCH3 is 1. The van der Waals surface area contributed by atoms with E-state index in [-0.39, 0.29) is 0 Å². The first-order chi connectivity index (χ1) is 6.80. The third-order valence-corrected chi connectivity index (χ3v) is 3.46. The molecule has 1 aliphatic carbocycles. The maximum absolute atomic E-state index is 5.37. The van der Waals surface area contributed by atoms with Crippen molar-refractivity contribution in [1.29, 1.82) is 0 Å². The Kier molecular flexibility index (Phi) is 5.49. The normalized spacial score (nSPS) is 28.3. The first-order valence-electron chi connectivity index (χ1n) is 6.09. The quantitative estimate of drug-likeness (QED) is 0.735. The van der Waals surface area contributed by atoms with Gasteiger partial charge >= 0.3 is 0 Å². The Labute approximate surface area is 88.4 Å². The highest BCUT2D eigenvalue weighted by molar-refractivity contribution is 4.79. The largest absolute Gasteiger partial charge is 0.381 e. The second-order valence-electron chi connectivity index (χ2n) is 4.39. The molecular formula is C12H25NO. The topological polar surface area (TPSA) is 21.3 Å².